The van der Waals surface area contributed by atoms with Gasteiger partial charge in [-0.3, -0.25) is 14.7 Å². The lowest BCUT2D eigenvalue weighted by atomic mass is 9.85. The van der Waals surface area contributed by atoms with E-state index in [-0.39, 0.29) is 11.8 Å². The van der Waals surface area contributed by atoms with Gasteiger partial charge in [0.1, 0.15) is 0 Å². The average Bonchev–Trinajstić information content (AvgIpc) is 3.42. The first-order valence-corrected chi connectivity index (χ1v) is 10.3. The number of amides is 2. The molecule has 1 aromatic heterocycles. The van der Waals surface area contributed by atoms with Gasteiger partial charge in [0, 0.05) is 39.2 Å². The molecule has 7 nitrogen and oxygen atoms in total. The van der Waals surface area contributed by atoms with Gasteiger partial charge < -0.3 is 14.5 Å². The Kier molecular flexibility index (Phi) is 5.21. The summed E-state index contributed by atoms with van der Waals surface area (Å²) >= 11 is 0. The van der Waals surface area contributed by atoms with E-state index in [0.717, 1.165) is 37.9 Å². The van der Waals surface area contributed by atoms with Crippen LogP contribution in [0.2, 0.25) is 0 Å². The molecule has 148 valence electrons. The molecular formula is C20H30N4O3. The fraction of sp³-hybridized carbons (Fsp3) is 0.750. The molecule has 4 rings (SSSR count). The van der Waals surface area contributed by atoms with Crippen molar-refractivity contribution >= 4 is 11.8 Å². The number of rotatable bonds is 5. The Morgan fingerprint density at radius 3 is 2.85 bits per heavy atom. The van der Waals surface area contributed by atoms with E-state index in [4.69, 9.17) is 4.74 Å². The van der Waals surface area contributed by atoms with Gasteiger partial charge in [0.25, 0.3) is 5.91 Å². The van der Waals surface area contributed by atoms with E-state index in [9.17, 15) is 9.59 Å². The van der Waals surface area contributed by atoms with Crippen molar-refractivity contribution in [2.75, 3.05) is 39.9 Å². The molecule has 1 spiro atoms. The third-order valence-electron chi connectivity index (χ3n) is 6.72. The Bertz CT molecular complexity index is 697. The smallest absolute Gasteiger partial charge is 0.257 e. The number of aromatic nitrogens is 2. The third-order valence-corrected chi connectivity index (χ3v) is 6.72. The van der Waals surface area contributed by atoms with E-state index in [0.29, 0.717) is 37.7 Å². The molecule has 7 heteroatoms. The van der Waals surface area contributed by atoms with Crippen LogP contribution in [0, 0.1) is 5.41 Å². The van der Waals surface area contributed by atoms with Gasteiger partial charge in [0.2, 0.25) is 5.91 Å². The van der Waals surface area contributed by atoms with Gasteiger partial charge in [-0.25, -0.2) is 0 Å². The summed E-state index contributed by atoms with van der Waals surface area (Å²) < 4.78 is 5.11. The zero-order valence-electron chi connectivity index (χ0n) is 16.2. The van der Waals surface area contributed by atoms with E-state index in [1.165, 1.54) is 19.3 Å². The monoisotopic (exact) mass is 374 g/mol. The molecule has 3 aliphatic rings. The van der Waals surface area contributed by atoms with Gasteiger partial charge in [0.15, 0.2) is 0 Å². The summed E-state index contributed by atoms with van der Waals surface area (Å²) in [7, 11) is 1.65. The average molecular weight is 374 g/mol. The van der Waals surface area contributed by atoms with Crippen LogP contribution in [0.4, 0.5) is 0 Å². The van der Waals surface area contributed by atoms with Gasteiger partial charge in [-0.2, -0.15) is 5.10 Å². The highest BCUT2D eigenvalue weighted by molar-refractivity contribution is 5.96. The molecule has 1 saturated carbocycles. The predicted molar refractivity (Wildman–Crippen MR) is 100 cm³/mol. The molecule has 2 amide bonds. The van der Waals surface area contributed by atoms with Crippen molar-refractivity contribution < 1.29 is 14.3 Å². The van der Waals surface area contributed by atoms with E-state index in [1.807, 2.05) is 9.80 Å². The zero-order valence-corrected chi connectivity index (χ0v) is 16.2. The summed E-state index contributed by atoms with van der Waals surface area (Å²) in [6, 6.07) is 0. The van der Waals surface area contributed by atoms with Gasteiger partial charge in [0.05, 0.1) is 29.5 Å². The first-order valence-electron chi connectivity index (χ1n) is 10.3. The number of H-pyrrole nitrogens is 1. The van der Waals surface area contributed by atoms with Crippen molar-refractivity contribution in [3.8, 4) is 0 Å². The number of nitrogens with one attached hydrogen (secondary N) is 1. The van der Waals surface area contributed by atoms with Crippen molar-refractivity contribution in [2.45, 2.75) is 50.9 Å². The van der Waals surface area contributed by atoms with Crippen molar-refractivity contribution in [1.82, 2.24) is 20.0 Å². The largest absolute Gasteiger partial charge is 0.383 e. The molecular weight excluding hydrogens is 344 g/mol. The second-order valence-corrected chi connectivity index (χ2v) is 8.32. The first-order chi connectivity index (χ1) is 13.1. The van der Waals surface area contributed by atoms with Gasteiger partial charge in [-0.1, -0.05) is 19.3 Å². The Balaban J connectivity index is 1.45. The number of carbonyl (C=O) groups is 2. The maximum atomic E-state index is 13.2. The topological polar surface area (TPSA) is 78.5 Å². The van der Waals surface area contributed by atoms with E-state index in [2.05, 4.69) is 10.2 Å². The summed E-state index contributed by atoms with van der Waals surface area (Å²) in [5.74, 6) is 0.633. The number of hydrogen-bond acceptors (Lipinski definition) is 4. The Morgan fingerprint density at radius 2 is 2.07 bits per heavy atom. The molecule has 1 aliphatic carbocycles. The van der Waals surface area contributed by atoms with Gasteiger partial charge in [-0.15, -0.1) is 0 Å². The molecule has 3 heterocycles. The van der Waals surface area contributed by atoms with Crippen LogP contribution in [-0.2, 0) is 9.53 Å². The molecule has 0 aromatic carbocycles. The quantitative estimate of drug-likeness (QED) is 0.857. The molecule has 0 radical (unpaired) electrons. The highest BCUT2D eigenvalue weighted by atomic mass is 16.5. The lowest BCUT2D eigenvalue weighted by molar-refractivity contribution is -0.135. The standard InChI is InChI=1S/C20H30N4O3/c1-27-12-11-23-9-7-20(19(23)26)8-10-24(14-20)18(25)16-13-21-22-17(16)15-5-3-2-4-6-15/h13,15H,2-12,14H2,1H3,(H,21,22). The molecule has 0 bridgehead atoms. The van der Waals surface area contributed by atoms with Crippen LogP contribution in [0.3, 0.4) is 0 Å². The van der Waals surface area contributed by atoms with Crippen LogP contribution in [0.25, 0.3) is 0 Å². The maximum absolute atomic E-state index is 13.2. The number of carbonyl (C=O) groups excluding carboxylic acids is 2. The van der Waals surface area contributed by atoms with E-state index in [1.54, 1.807) is 13.3 Å². The maximum Gasteiger partial charge on any atom is 0.257 e. The molecule has 1 atom stereocenters. The minimum atomic E-state index is -0.391. The van der Waals surface area contributed by atoms with Crippen molar-refractivity contribution in [3.05, 3.63) is 17.5 Å². The summed E-state index contributed by atoms with van der Waals surface area (Å²) in [4.78, 5) is 29.9. The molecule has 1 unspecified atom stereocenters. The van der Waals surface area contributed by atoms with Crippen LogP contribution >= 0.6 is 0 Å². The van der Waals surface area contributed by atoms with Crippen molar-refractivity contribution in [3.63, 3.8) is 0 Å². The SMILES string of the molecule is COCCN1CCC2(CCN(C(=O)c3cn[nH]c3C3CCCCC3)C2)C1=O. The summed E-state index contributed by atoms with van der Waals surface area (Å²) in [5.41, 5.74) is 1.32. The normalized spacial score (nSPS) is 26.5. The number of nitrogens with zero attached hydrogens (tertiary/aromatic N) is 3. The molecule has 2 saturated heterocycles. The van der Waals surface area contributed by atoms with Gasteiger partial charge >= 0.3 is 0 Å². The minimum absolute atomic E-state index is 0.0318. The van der Waals surface area contributed by atoms with Crippen LogP contribution in [0.1, 0.15) is 66.9 Å². The van der Waals surface area contributed by atoms with Crippen molar-refractivity contribution in [1.29, 1.82) is 0 Å². The molecule has 2 aliphatic heterocycles. The zero-order chi connectivity index (χ0) is 18.9. The summed E-state index contributed by atoms with van der Waals surface area (Å²) in [6.45, 7) is 3.15. The highest BCUT2D eigenvalue weighted by Gasteiger charge is 2.51. The highest BCUT2D eigenvalue weighted by Crippen LogP contribution is 2.41. The van der Waals surface area contributed by atoms with Crippen LogP contribution in [0.5, 0.6) is 0 Å². The Hall–Kier alpha value is -1.89. The number of hydrogen-bond donors (Lipinski definition) is 1. The Labute approximate surface area is 160 Å². The summed E-state index contributed by atoms with van der Waals surface area (Å²) in [5, 5.41) is 7.27. The fourth-order valence-electron chi connectivity index (χ4n) is 5.07. The van der Waals surface area contributed by atoms with Crippen LogP contribution < -0.4 is 0 Å². The third kappa shape index (κ3) is 3.37. The molecule has 1 N–H and O–H groups in total. The second-order valence-electron chi connectivity index (χ2n) is 8.32. The second kappa shape index (κ2) is 7.62. The minimum Gasteiger partial charge on any atom is -0.383 e. The number of methoxy groups -OCH3 is 1. The van der Waals surface area contributed by atoms with E-state index < -0.39 is 5.41 Å². The van der Waals surface area contributed by atoms with Crippen LogP contribution in [-0.4, -0.2) is 71.7 Å². The lowest BCUT2D eigenvalue weighted by Gasteiger charge is -2.25. The Morgan fingerprint density at radius 1 is 1.30 bits per heavy atom. The van der Waals surface area contributed by atoms with E-state index >= 15 is 0 Å². The number of likely N-dealkylation sites (tertiary alicyclic amines) is 2. The fourth-order valence-corrected chi connectivity index (χ4v) is 5.07. The summed E-state index contributed by atoms with van der Waals surface area (Å²) in [6.07, 6.45) is 9.24. The predicted octanol–water partition coefficient (Wildman–Crippen LogP) is 2.17. The van der Waals surface area contributed by atoms with Crippen molar-refractivity contribution in [2.24, 2.45) is 5.41 Å². The first kappa shape index (κ1) is 18.5. The van der Waals surface area contributed by atoms with Crippen LogP contribution in [0.15, 0.2) is 6.20 Å². The molecule has 1 aromatic rings. The number of aromatic amines is 1. The lowest BCUT2D eigenvalue weighted by Crippen LogP contribution is -2.39. The molecule has 27 heavy (non-hydrogen) atoms. The molecule has 3 fully saturated rings. The van der Waals surface area contributed by atoms with Gasteiger partial charge in [-0.05, 0) is 25.7 Å². The number of ether oxygens (including phenoxy) is 1.